The third-order valence-corrected chi connectivity index (χ3v) is 4.67. The minimum absolute atomic E-state index is 0.555. The van der Waals surface area contributed by atoms with Crippen LogP contribution < -0.4 is 4.74 Å². The van der Waals surface area contributed by atoms with Gasteiger partial charge in [-0.1, -0.05) is 48.0 Å². The molecule has 0 unspecified atom stereocenters. The van der Waals surface area contributed by atoms with E-state index in [1.54, 1.807) is 7.11 Å². The topological polar surface area (TPSA) is 27.1 Å². The molecule has 0 aliphatic carbocycles. The van der Waals surface area contributed by atoms with Crippen LogP contribution in [0.3, 0.4) is 0 Å². The summed E-state index contributed by atoms with van der Waals surface area (Å²) in [5.41, 5.74) is 3.26. The molecule has 0 radical (unpaired) electrons. The van der Waals surface area contributed by atoms with Crippen LogP contribution in [-0.2, 0) is 13.0 Å². The van der Waals surface area contributed by atoms with Crippen molar-refractivity contribution >= 4 is 33.4 Å². The Morgan fingerprint density at radius 2 is 1.79 bits per heavy atom. The molecule has 0 bridgehead atoms. The Balaban J connectivity index is 1.77. The minimum atomic E-state index is 0.555. The Morgan fingerprint density at radius 1 is 1.00 bits per heavy atom. The predicted molar refractivity (Wildman–Crippen MR) is 98.9 cm³/mol. The van der Waals surface area contributed by atoms with Crippen molar-refractivity contribution < 1.29 is 4.74 Å². The zero-order valence-corrected chi connectivity index (χ0v) is 14.1. The van der Waals surface area contributed by atoms with Gasteiger partial charge in [0.15, 0.2) is 0 Å². The molecule has 2 aromatic carbocycles. The van der Waals surface area contributed by atoms with Gasteiger partial charge in [-0.3, -0.25) is 0 Å². The van der Waals surface area contributed by atoms with Gasteiger partial charge in [0, 0.05) is 23.5 Å². The van der Waals surface area contributed by atoms with Crippen LogP contribution >= 0.6 is 11.6 Å². The molecule has 0 N–H and O–H groups in total. The van der Waals surface area contributed by atoms with Gasteiger partial charge >= 0.3 is 0 Å². The van der Waals surface area contributed by atoms with Crippen molar-refractivity contribution in [2.45, 2.75) is 13.0 Å². The van der Waals surface area contributed by atoms with E-state index in [0.29, 0.717) is 5.15 Å². The highest BCUT2D eigenvalue weighted by Gasteiger charge is 2.11. The molecule has 4 rings (SSSR count). The fourth-order valence-corrected chi connectivity index (χ4v) is 3.46. The van der Waals surface area contributed by atoms with Crippen molar-refractivity contribution in [2.75, 3.05) is 7.11 Å². The second-order valence-corrected chi connectivity index (χ2v) is 6.11. The first kappa shape index (κ1) is 15.0. The third-order valence-electron chi connectivity index (χ3n) is 4.38. The van der Waals surface area contributed by atoms with E-state index in [-0.39, 0.29) is 0 Å². The maximum Gasteiger partial charge on any atom is 0.139 e. The van der Waals surface area contributed by atoms with Crippen LogP contribution in [-0.4, -0.2) is 16.7 Å². The number of ether oxygens (including phenoxy) is 1. The molecule has 4 aromatic rings. The lowest BCUT2D eigenvalue weighted by Crippen LogP contribution is -2.02. The number of hydrogen-bond acceptors (Lipinski definition) is 2. The number of methoxy groups -OCH3 is 1. The van der Waals surface area contributed by atoms with E-state index < -0.39 is 0 Å². The average molecular weight is 337 g/mol. The summed E-state index contributed by atoms with van der Waals surface area (Å²) in [7, 11) is 1.71. The van der Waals surface area contributed by atoms with Gasteiger partial charge in [0.2, 0.25) is 0 Å². The van der Waals surface area contributed by atoms with Crippen LogP contribution in [0.5, 0.6) is 5.75 Å². The van der Waals surface area contributed by atoms with Crippen LogP contribution in [0.15, 0.2) is 60.8 Å². The van der Waals surface area contributed by atoms with Gasteiger partial charge in [-0.05, 0) is 30.2 Å². The summed E-state index contributed by atoms with van der Waals surface area (Å²) in [5, 5.41) is 2.68. The highest BCUT2D eigenvalue weighted by atomic mass is 35.5. The molecule has 0 saturated carbocycles. The predicted octanol–water partition coefficient (Wildman–Crippen LogP) is 5.09. The van der Waals surface area contributed by atoms with E-state index in [2.05, 4.69) is 27.9 Å². The first-order valence-corrected chi connectivity index (χ1v) is 8.30. The molecule has 0 spiro atoms. The number of pyridine rings is 1. The Morgan fingerprint density at radius 3 is 2.67 bits per heavy atom. The summed E-state index contributed by atoms with van der Waals surface area (Å²) in [6, 6.07) is 18.3. The number of halogens is 1. The third kappa shape index (κ3) is 2.51. The zero-order chi connectivity index (χ0) is 16.5. The summed E-state index contributed by atoms with van der Waals surface area (Å²) >= 11 is 6.37. The summed E-state index contributed by atoms with van der Waals surface area (Å²) in [5.74, 6) is 0.929. The van der Waals surface area contributed by atoms with E-state index in [9.17, 15) is 0 Å². The van der Waals surface area contributed by atoms with Crippen LogP contribution in [0.4, 0.5) is 0 Å². The highest BCUT2D eigenvalue weighted by Crippen LogP contribution is 2.30. The lowest BCUT2D eigenvalue weighted by molar-refractivity contribution is 0.408. The zero-order valence-electron chi connectivity index (χ0n) is 13.4. The second kappa shape index (κ2) is 6.17. The van der Waals surface area contributed by atoms with E-state index in [1.165, 1.54) is 5.56 Å². The summed E-state index contributed by atoms with van der Waals surface area (Å²) in [6.45, 7) is 0.855. The monoisotopic (exact) mass is 336 g/mol. The molecule has 24 heavy (non-hydrogen) atoms. The molecule has 4 heteroatoms. The maximum absolute atomic E-state index is 6.37. The van der Waals surface area contributed by atoms with Gasteiger partial charge in [-0.25, -0.2) is 4.98 Å². The summed E-state index contributed by atoms with van der Waals surface area (Å²) in [6.07, 6.45) is 2.97. The van der Waals surface area contributed by atoms with Gasteiger partial charge in [-0.15, -0.1) is 0 Å². The lowest BCUT2D eigenvalue weighted by Gasteiger charge is -2.11. The number of para-hydroxylation sites is 2. The molecular weight excluding hydrogens is 320 g/mol. The quantitative estimate of drug-likeness (QED) is 0.485. The van der Waals surface area contributed by atoms with Crippen LogP contribution in [0.1, 0.15) is 5.56 Å². The van der Waals surface area contributed by atoms with Gasteiger partial charge in [0.05, 0.1) is 18.1 Å². The maximum atomic E-state index is 6.37. The number of nitrogens with zero attached hydrogens (tertiary/aromatic N) is 2. The minimum Gasteiger partial charge on any atom is -0.496 e. The molecule has 0 amide bonds. The average Bonchev–Trinajstić information content (AvgIpc) is 3.05. The van der Waals surface area contributed by atoms with Crippen LogP contribution in [0.2, 0.25) is 5.15 Å². The van der Waals surface area contributed by atoms with Gasteiger partial charge < -0.3 is 9.30 Å². The molecule has 3 nitrogen and oxygen atoms in total. The number of hydrogen-bond donors (Lipinski definition) is 0. The fourth-order valence-electron chi connectivity index (χ4n) is 3.21. The Labute approximate surface area is 145 Å². The van der Waals surface area contributed by atoms with Crippen molar-refractivity contribution in [1.29, 1.82) is 0 Å². The van der Waals surface area contributed by atoms with Gasteiger partial charge in [-0.2, -0.15) is 0 Å². The Bertz CT molecular complexity index is 1020. The van der Waals surface area contributed by atoms with Crippen molar-refractivity contribution in [3.8, 4) is 5.75 Å². The first-order chi connectivity index (χ1) is 11.8. The molecule has 0 aliphatic heterocycles. The van der Waals surface area contributed by atoms with Crippen molar-refractivity contribution in [1.82, 2.24) is 9.55 Å². The molecule has 0 atom stereocenters. The van der Waals surface area contributed by atoms with Crippen LogP contribution in [0, 0.1) is 0 Å². The van der Waals surface area contributed by atoms with E-state index in [1.807, 2.05) is 42.5 Å². The van der Waals surface area contributed by atoms with Crippen molar-refractivity contribution in [2.24, 2.45) is 0 Å². The second-order valence-electron chi connectivity index (χ2n) is 5.75. The molecule has 0 saturated heterocycles. The first-order valence-electron chi connectivity index (χ1n) is 7.93. The molecule has 0 fully saturated rings. The highest BCUT2D eigenvalue weighted by molar-refractivity contribution is 6.35. The van der Waals surface area contributed by atoms with Gasteiger partial charge in [0.1, 0.15) is 10.9 Å². The normalized spacial score (nSPS) is 11.2. The van der Waals surface area contributed by atoms with Gasteiger partial charge in [0.25, 0.3) is 0 Å². The molecule has 120 valence electrons. The van der Waals surface area contributed by atoms with E-state index in [4.69, 9.17) is 16.3 Å². The Kier molecular flexibility index (Phi) is 3.87. The molecule has 2 heterocycles. The number of benzene rings is 2. The Hall–Kier alpha value is -2.52. The smallest absolute Gasteiger partial charge is 0.139 e. The van der Waals surface area contributed by atoms with E-state index >= 15 is 0 Å². The fraction of sp³-hybridized carbons (Fsp3) is 0.150. The lowest BCUT2D eigenvalue weighted by atomic mass is 10.1. The van der Waals surface area contributed by atoms with Crippen molar-refractivity contribution in [3.63, 3.8) is 0 Å². The van der Waals surface area contributed by atoms with E-state index in [0.717, 1.165) is 40.5 Å². The summed E-state index contributed by atoms with van der Waals surface area (Å²) < 4.78 is 7.70. The molecule has 0 aliphatic rings. The largest absolute Gasteiger partial charge is 0.496 e. The number of aromatic nitrogens is 2. The van der Waals surface area contributed by atoms with Crippen LogP contribution in [0.25, 0.3) is 21.8 Å². The number of fused-ring (bicyclic) bond motifs is 3. The number of aryl methyl sites for hydroxylation is 2. The molecule has 2 aromatic heterocycles. The van der Waals surface area contributed by atoms with Crippen molar-refractivity contribution in [3.05, 3.63) is 71.5 Å². The molecular formula is C20H17ClN2O. The SMILES string of the molecule is COc1ccccc1CCn1ccc2c(Cl)nc3ccccc3c21. The standard InChI is InChI=1S/C20H17ClN2O/c1-24-18-9-5-2-6-14(18)10-12-23-13-11-16-19(23)15-7-3-4-8-17(15)22-20(16)21/h2-9,11,13H,10,12H2,1H3. The number of rotatable bonds is 4. The summed E-state index contributed by atoms with van der Waals surface area (Å²) in [4.78, 5) is 4.49.